The van der Waals surface area contributed by atoms with Gasteiger partial charge in [-0.15, -0.1) is 0 Å². The molecule has 6 heteroatoms. The molecule has 134 valence electrons. The molecular weight excluding hydrogens is 351 g/mol. The first-order valence-corrected chi connectivity index (χ1v) is 9.52. The quantitative estimate of drug-likeness (QED) is 0.574. The molecule has 0 saturated carbocycles. The van der Waals surface area contributed by atoms with Gasteiger partial charge in [0.2, 0.25) is 0 Å². The van der Waals surface area contributed by atoms with Gasteiger partial charge in [0.15, 0.2) is 0 Å². The molecule has 0 unspecified atom stereocenters. The lowest BCUT2D eigenvalue weighted by Crippen LogP contribution is -1.94. The Balaban J connectivity index is 2.20. The predicted octanol–water partition coefficient (Wildman–Crippen LogP) is 4.81. The lowest BCUT2D eigenvalue weighted by molar-refractivity contribution is 0.283. The van der Waals surface area contributed by atoms with Crippen molar-refractivity contribution < 1.29 is 24.0 Å². The Morgan fingerprint density at radius 3 is 1.69 bits per heavy atom. The van der Waals surface area contributed by atoms with Crippen LogP contribution in [0.15, 0.2) is 60.7 Å². The van der Waals surface area contributed by atoms with Crippen LogP contribution in [-0.4, -0.2) is 14.9 Å². The standard InChI is InChI=1S/C20H19O5P/c1-13-3-7-15(8-4-13)17-11-18(16-9-5-14(2)6-10-16)20(12-19(17)21)25-26(22,23)24/h3-12,21H,1-2H3,(H2,22,23,24). The lowest BCUT2D eigenvalue weighted by atomic mass is 9.96. The molecule has 3 aromatic carbocycles. The van der Waals surface area contributed by atoms with Gasteiger partial charge in [-0.2, -0.15) is 0 Å². The van der Waals surface area contributed by atoms with E-state index in [2.05, 4.69) is 0 Å². The second-order valence-electron chi connectivity index (χ2n) is 6.18. The SMILES string of the molecule is Cc1ccc(-c2cc(-c3ccc(C)cc3)c(OP(=O)(O)O)cc2O)cc1. The Hall–Kier alpha value is -2.59. The van der Waals surface area contributed by atoms with Gasteiger partial charge in [-0.1, -0.05) is 59.7 Å². The molecule has 26 heavy (non-hydrogen) atoms. The molecule has 3 aromatic rings. The summed E-state index contributed by atoms with van der Waals surface area (Å²) >= 11 is 0. The van der Waals surface area contributed by atoms with Crippen molar-refractivity contribution in [3.05, 3.63) is 71.8 Å². The topological polar surface area (TPSA) is 87.0 Å². The molecule has 0 amide bonds. The van der Waals surface area contributed by atoms with E-state index in [4.69, 9.17) is 4.52 Å². The fourth-order valence-corrected chi connectivity index (χ4v) is 3.10. The van der Waals surface area contributed by atoms with Gasteiger partial charge in [0.1, 0.15) is 11.5 Å². The maximum Gasteiger partial charge on any atom is 0.524 e. The number of aromatic hydroxyl groups is 1. The third kappa shape index (κ3) is 4.14. The molecule has 0 aromatic heterocycles. The molecule has 0 fully saturated rings. The fraction of sp³-hybridized carbons (Fsp3) is 0.100. The fourth-order valence-electron chi connectivity index (χ4n) is 2.70. The van der Waals surface area contributed by atoms with Crippen molar-refractivity contribution in [1.29, 1.82) is 0 Å². The molecular formula is C20H19O5P. The van der Waals surface area contributed by atoms with Crippen molar-refractivity contribution in [3.8, 4) is 33.8 Å². The summed E-state index contributed by atoms with van der Waals surface area (Å²) in [5, 5.41) is 10.4. The highest BCUT2D eigenvalue weighted by molar-refractivity contribution is 7.46. The normalized spacial score (nSPS) is 11.4. The summed E-state index contributed by atoms with van der Waals surface area (Å²) in [5.74, 6) is -0.191. The van der Waals surface area contributed by atoms with Crippen LogP contribution in [0.3, 0.4) is 0 Å². The number of benzene rings is 3. The zero-order valence-corrected chi connectivity index (χ0v) is 15.3. The number of hydrogen-bond acceptors (Lipinski definition) is 3. The maximum absolute atomic E-state index is 11.3. The maximum atomic E-state index is 11.3. The number of phosphoric acid groups is 1. The molecule has 0 heterocycles. The predicted molar refractivity (Wildman–Crippen MR) is 101 cm³/mol. The number of aryl methyl sites for hydroxylation is 2. The molecule has 0 radical (unpaired) electrons. The molecule has 0 aliphatic carbocycles. The van der Waals surface area contributed by atoms with E-state index in [-0.39, 0.29) is 11.5 Å². The molecule has 0 atom stereocenters. The van der Waals surface area contributed by atoms with E-state index in [1.807, 2.05) is 62.4 Å². The number of phenolic OH excluding ortho intramolecular Hbond substituents is 1. The van der Waals surface area contributed by atoms with Crippen molar-refractivity contribution in [2.45, 2.75) is 13.8 Å². The monoisotopic (exact) mass is 370 g/mol. The minimum absolute atomic E-state index is 0.0736. The van der Waals surface area contributed by atoms with E-state index in [9.17, 15) is 19.5 Å². The minimum Gasteiger partial charge on any atom is -0.507 e. The van der Waals surface area contributed by atoms with Gasteiger partial charge in [-0.3, -0.25) is 9.79 Å². The third-order valence-electron chi connectivity index (χ3n) is 4.04. The van der Waals surface area contributed by atoms with Gasteiger partial charge in [-0.05, 0) is 31.0 Å². The molecule has 0 aliphatic heterocycles. The van der Waals surface area contributed by atoms with Crippen LogP contribution in [0.4, 0.5) is 0 Å². The molecule has 3 rings (SSSR count). The first kappa shape index (κ1) is 18.2. The molecule has 0 saturated heterocycles. The third-order valence-corrected chi connectivity index (χ3v) is 4.47. The molecule has 0 spiro atoms. The average Bonchev–Trinajstić information content (AvgIpc) is 2.56. The van der Waals surface area contributed by atoms with Crippen molar-refractivity contribution in [2.24, 2.45) is 0 Å². The first-order chi connectivity index (χ1) is 12.2. The van der Waals surface area contributed by atoms with E-state index < -0.39 is 7.82 Å². The van der Waals surface area contributed by atoms with Crippen LogP contribution in [0.25, 0.3) is 22.3 Å². The van der Waals surface area contributed by atoms with E-state index in [0.29, 0.717) is 11.1 Å². The smallest absolute Gasteiger partial charge is 0.507 e. The van der Waals surface area contributed by atoms with Gasteiger partial charge in [0.05, 0.1) is 0 Å². The van der Waals surface area contributed by atoms with Crippen LogP contribution >= 0.6 is 7.82 Å². The van der Waals surface area contributed by atoms with Crippen molar-refractivity contribution in [3.63, 3.8) is 0 Å². The Morgan fingerprint density at radius 1 is 0.769 bits per heavy atom. The van der Waals surface area contributed by atoms with E-state index in [1.165, 1.54) is 6.07 Å². The Kier molecular flexibility index (Phi) is 4.88. The van der Waals surface area contributed by atoms with Crippen LogP contribution in [0.1, 0.15) is 11.1 Å². The molecule has 5 nitrogen and oxygen atoms in total. The number of phenols is 1. The summed E-state index contributed by atoms with van der Waals surface area (Å²) in [6.07, 6.45) is 0. The van der Waals surface area contributed by atoms with E-state index in [0.717, 1.165) is 22.3 Å². The highest BCUT2D eigenvalue weighted by atomic mass is 31.2. The Morgan fingerprint density at radius 2 is 1.23 bits per heavy atom. The van der Waals surface area contributed by atoms with Crippen LogP contribution in [0.2, 0.25) is 0 Å². The van der Waals surface area contributed by atoms with Crippen molar-refractivity contribution in [2.75, 3.05) is 0 Å². The number of rotatable bonds is 4. The second-order valence-corrected chi connectivity index (χ2v) is 7.34. The highest BCUT2D eigenvalue weighted by Gasteiger charge is 2.21. The van der Waals surface area contributed by atoms with Gasteiger partial charge < -0.3 is 9.63 Å². The first-order valence-electron chi connectivity index (χ1n) is 7.99. The minimum atomic E-state index is -4.77. The molecule has 0 bridgehead atoms. The summed E-state index contributed by atoms with van der Waals surface area (Å²) in [7, 11) is -4.77. The average molecular weight is 370 g/mol. The lowest BCUT2D eigenvalue weighted by Gasteiger charge is -2.16. The van der Waals surface area contributed by atoms with Crippen molar-refractivity contribution >= 4 is 7.82 Å². The largest absolute Gasteiger partial charge is 0.524 e. The van der Waals surface area contributed by atoms with E-state index >= 15 is 0 Å². The van der Waals surface area contributed by atoms with Crippen molar-refractivity contribution in [1.82, 2.24) is 0 Å². The van der Waals surface area contributed by atoms with Gasteiger partial charge in [0.25, 0.3) is 0 Å². The summed E-state index contributed by atoms with van der Waals surface area (Å²) < 4.78 is 16.1. The summed E-state index contributed by atoms with van der Waals surface area (Å²) in [6.45, 7) is 3.92. The van der Waals surface area contributed by atoms with Crippen LogP contribution in [0, 0.1) is 13.8 Å². The Bertz CT molecular complexity index is 972. The number of hydrogen-bond donors (Lipinski definition) is 3. The van der Waals surface area contributed by atoms with Gasteiger partial charge in [0, 0.05) is 17.2 Å². The van der Waals surface area contributed by atoms with E-state index in [1.54, 1.807) is 6.07 Å². The van der Waals surface area contributed by atoms with Crippen LogP contribution < -0.4 is 4.52 Å². The number of phosphoric ester groups is 1. The summed E-state index contributed by atoms with van der Waals surface area (Å²) in [5.41, 5.74) is 4.72. The van der Waals surface area contributed by atoms with Crippen LogP contribution in [-0.2, 0) is 4.57 Å². The van der Waals surface area contributed by atoms with Gasteiger partial charge in [-0.25, -0.2) is 4.57 Å². The van der Waals surface area contributed by atoms with Gasteiger partial charge >= 0.3 is 7.82 Å². The molecule has 0 aliphatic rings. The zero-order valence-electron chi connectivity index (χ0n) is 14.4. The second kappa shape index (κ2) is 6.96. The zero-order chi connectivity index (χ0) is 18.9. The van der Waals surface area contributed by atoms with Crippen LogP contribution in [0.5, 0.6) is 11.5 Å². The highest BCUT2D eigenvalue weighted by Crippen LogP contribution is 2.46. The Labute approximate surface area is 151 Å². The summed E-state index contributed by atoms with van der Waals surface area (Å²) in [4.78, 5) is 18.4. The summed E-state index contributed by atoms with van der Waals surface area (Å²) in [6, 6.07) is 18.0. The molecule has 3 N–H and O–H groups in total.